The summed E-state index contributed by atoms with van der Waals surface area (Å²) in [6.45, 7) is 7.24. The van der Waals surface area contributed by atoms with E-state index in [0.29, 0.717) is 13.0 Å². The average Bonchev–Trinajstić information content (AvgIpc) is 3.03. The van der Waals surface area contributed by atoms with Gasteiger partial charge in [-0.3, -0.25) is 9.59 Å². The van der Waals surface area contributed by atoms with Gasteiger partial charge in [-0.2, -0.15) is 0 Å². The molecule has 0 bridgehead atoms. The summed E-state index contributed by atoms with van der Waals surface area (Å²) in [4.78, 5) is 24.7. The topological polar surface area (TPSA) is 74.3 Å². The summed E-state index contributed by atoms with van der Waals surface area (Å²) in [5.74, 6) is 0.374. The molecule has 0 saturated heterocycles. The predicted octanol–water partition coefficient (Wildman–Crippen LogP) is 5.02. The summed E-state index contributed by atoms with van der Waals surface area (Å²) in [6.07, 6.45) is 2.26. The largest absolute Gasteiger partial charge is 0.466 e. The SMILES string of the molecule is CCOC(=O)CCCSc1cc2c(CC(N)=O)c(CC)n(Cc3ccccc3)c2cc1C. The molecule has 1 heterocycles. The van der Waals surface area contributed by atoms with E-state index in [4.69, 9.17) is 10.5 Å². The highest BCUT2D eigenvalue weighted by atomic mass is 32.2. The van der Waals surface area contributed by atoms with E-state index in [0.717, 1.165) is 47.3 Å². The number of nitrogens with two attached hydrogens (primary N) is 1. The molecule has 0 aliphatic rings. The number of hydrogen-bond donors (Lipinski definition) is 1. The zero-order valence-corrected chi connectivity index (χ0v) is 20.0. The fourth-order valence-electron chi connectivity index (χ4n) is 4.11. The van der Waals surface area contributed by atoms with Crippen LogP contribution in [0, 0.1) is 6.92 Å². The normalized spacial score (nSPS) is 11.1. The summed E-state index contributed by atoms with van der Waals surface area (Å²) < 4.78 is 7.34. The molecule has 1 amide bonds. The van der Waals surface area contributed by atoms with Gasteiger partial charge < -0.3 is 15.0 Å². The third kappa shape index (κ3) is 5.74. The van der Waals surface area contributed by atoms with Gasteiger partial charge in [-0.05, 0) is 61.3 Å². The Hall–Kier alpha value is -2.73. The van der Waals surface area contributed by atoms with Gasteiger partial charge in [0.2, 0.25) is 5.91 Å². The summed E-state index contributed by atoms with van der Waals surface area (Å²) in [5.41, 5.74) is 11.4. The predicted molar refractivity (Wildman–Crippen MR) is 131 cm³/mol. The molecule has 3 rings (SSSR count). The van der Waals surface area contributed by atoms with Crippen LogP contribution in [0.5, 0.6) is 0 Å². The van der Waals surface area contributed by atoms with Gasteiger partial charge in [0.25, 0.3) is 0 Å². The van der Waals surface area contributed by atoms with Gasteiger partial charge in [-0.1, -0.05) is 37.3 Å². The first-order valence-corrected chi connectivity index (χ1v) is 12.2. The Labute approximate surface area is 194 Å². The van der Waals surface area contributed by atoms with Crippen LogP contribution in [0.1, 0.15) is 49.1 Å². The molecular formula is C26H32N2O3S. The number of carbonyl (C=O) groups excluding carboxylic acids is 2. The molecule has 3 aromatic rings. The molecule has 32 heavy (non-hydrogen) atoms. The highest BCUT2D eigenvalue weighted by Gasteiger charge is 2.19. The van der Waals surface area contributed by atoms with E-state index in [-0.39, 0.29) is 18.3 Å². The van der Waals surface area contributed by atoms with Crippen molar-refractivity contribution < 1.29 is 14.3 Å². The number of primary amides is 1. The van der Waals surface area contributed by atoms with E-state index in [2.05, 4.69) is 42.7 Å². The zero-order valence-electron chi connectivity index (χ0n) is 19.1. The van der Waals surface area contributed by atoms with Crippen molar-refractivity contribution in [2.24, 2.45) is 5.73 Å². The number of hydrogen-bond acceptors (Lipinski definition) is 4. The Morgan fingerprint density at radius 2 is 1.88 bits per heavy atom. The monoisotopic (exact) mass is 452 g/mol. The summed E-state index contributed by atoms with van der Waals surface area (Å²) in [5, 5.41) is 1.09. The Morgan fingerprint density at radius 3 is 2.53 bits per heavy atom. The van der Waals surface area contributed by atoms with Crippen LogP contribution >= 0.6 is 11.8 Å². The molecule has 2 N–H and O–H groups in total. The molecule has 6 heteroatoms. The molecule has 0 aliphatic carbocycles. The summed E-state index contributed by atoms with van der Waals surface area (Å²) in [6, 6.07) is 14.8. The molecule has 0 spiro atoms. The smallest absolute Gasteiger partial charge is 0.305 e. The Kier molecular flexibility index (Phi) is 8.39. The van der Waals surface area contributed by atoms with E-state index in [1.807, 2.05) is 25.1 Å². The molecule has 0 fully saturated rings. The van der Waals surface area contributed by atoms with Crippen molar-refractivity contribution in [3.05, 3.63) is 64.8 Å². The number of carbonyl (C=O) groups is 2. The first-order chi connectivity index (χ1) is 15.4. The lowest BCUT2D eigenvalue weighted by atomic mass is 10.0. The van der Waals surface area contributed by atoms with Gasteiger partial charge in [-0.25, -0.2) is 0 Å². The number of rotatable bonds is 11. The van der Waals surface area contributed by atoms with Crippen molar-refractivity contribution in [2.75, 3.05) is 12.4 Å². The second-order valence-corrected chi connectivity index (χ2v) is 9.02. The molecule has 0 atom stereocenters. The first-order valence-electron chi connectivity index (χ1n) is 11.2. The fourth-order valence-corrected chi connectivity index (χ4v) is 5.11. The number of ether oxygens (including phenoxy) is 1. The van der Waals surface area contributed by atoms with Gasteiger partial charge in [0.05, 0.1) is 13.0 Å². The number of thioether (sulfide) groups is 1. The van der Waals surface area contributed by atoms with Crippen LogP contribution in [-0.2, 0) is 33.7 Å². The second-order valence-electron chi connectivity index (χ2n) is 7.89. The molecule has 0 unspecified atom stereocenters. The number of amides is 1. The Bertz CT molecular complexity index is 1090. The van der Waals surface area contributed by atoms with E-state index in [1.54, 1.807) is 11.8 Å². The van der Waals surface area contributed by atoms with E-state index in [9.17, 15) is 9.59 Å². The van der Waals surface area contributed by atoms with Gasteiger partial charge >= 0.3 is 5.97 Å². The van der Waals surface area contributed by atoms with Crippen molar-refractivity contribution in [3.8, 4) is 0 Å². The molecule has 2 aromatic carbocycles. The van der Waals surface area contributed by atoms with Crippen molar-refractivity contribution in [1.82, 2.24) is 4.57 Å². The zero-order chi connectivity index (χ0) is 23.1. The molecule has 1 aromatic heterocycles. The minimum atomic E-state index is -0.317. The van der Waals surface area contributed by atoms with Crippen LogP contribution in [0.2, 0.25) is 0 Å². The first kappa shape index (κ1) is 23.9. The lowest BCUT2D eigenvalue weighted by Gasteiger charge is -2.12. The maximum atomic E-state index is 11.9. The van der Waals surface area contributed by atoms with Crippen LogP contribution in [0.4, 0.5) is 0 Å². The number of nitrogens with zero attached hydrogens (tertiary/aromatic N) is 1. The molecule has 0 saturated carbocycles. The number of aryl methyl sites for hydroxylation is 1. The molecule has 5 nitrogen and oxygen atoms in total. The lowest BCUT2D eigenvalue weighted by molar-refractivity contribution is -0.143. The third-order valence-corrected chi connectivity index (χ3v) is 6.78. The van der Waals surface area contributed by atoms with E-state index < -0.39 is 0 Å². The maximum Gasteiger partial charge on any atom is 0.305 e. The Morgan fingerprint density at radius 1 is 1.12 bits per heavy atom. The molecular weight excluding hydrogens is 420 g/mol. The van der Waals surface area contributed by atoms with Crippen LogP contribution in [-0.4, -0.2) is 28.8 Å². The molecule has 0 radical (unpaired) electrons. The van der Waals surface area contributed by atoms with Crippen LogP contribution in [0.25, 0.3) is 10.9 Å². The third-order valence-electron chi connectivity index (χ3n) is 5.54. The second kappa shape index (κ2) is 11.2. The number of fused-ring (bicyclic) bond motifs is 1. The summed E-state index contributed by atoms with van der Waals surface area (Å²) >= 11 is 1.74. The highest BCUT2D eigenvalue weighted by molar-refractivity contribution is 7.99. The van der Waals surface area contributed by atoms with Crippen molar-refractivity contribution in [2.45, 2.75) is 57.9 Å². The van der Waals surface area contributed by atoms with Gasteiger partial charge in [0.1, 0.15) is 0 Å². The summed E-state index contributed by atoms with van der Waals surface area (Å²) in [7, 11) is 0. The van der Waals surface area contributed by atoms with Gasteiger partial charge in [0.15, 0.2) is 0 Å². The van der Waals surface area contributed by atoms with E-state index in [1.165, 1.54) is 16.0 Å². The Balaban J connectivity index is 1.95. The van der Waals surface area contributed by atoms with Crippen molar-refractivity contribution >= 4 is 34.5 Å². The van der Waals surface area contributed by atoms with Gasteiger partial charge in [-0.15, -0.1) is 11.8 Å². The minimum Gasteiger partial charge on any atom is -0.466 e. The minimum absolute atomic E-state index is 0.144. The number of esters is 1. The number of aromatic nitrogens is 1. The maximum absolute atomic E-state index is 11.9. The number of benzene rings is 2. The van der Waals surface area contributed by atoms with Crippen LogP contribution in [0.3, 0.4) is 0 Å². The van der Waals surface area contributed by atoms with Crippen LogP contribution in [0.15, 0.2) is 47.4 Å². The van der Waals surface area contributed by atoms with Crippen molar-refractivity contribution in [1.29, 1.82) is 0 Å². The lowest BCUT2D eigenvalue weighted by Crippen LogP contribution is -2.15. The fraction of sp³-hybridized carbons (Fsp3) is 0.385. The van der Waals surface area contributed by atoms with Gasteiger partial charge in [0, 0.05) is 34.5 Å². The average molecular weight is 453 g/mol. The molecule has 170 valence electrons. The van der Waals surface area contributed by atoms with Crippen molar-refractivity contribution in [3.63, 3.8) is 0 Å². The highest BCUT2D eigenvalue weighted by Crippen LogP contribution is 2.34. The standard InChI is InChI=1S/C26H32N2O3S/c1-4-22-21(16-25(27)29)20-15-24(32-13-9-12-26(30)31-5-2)18(3)14-23(20)28(22)17-19-10-7-6-8-11-19/h6-8,10-11,14-15H,4-5,9,12-13,16-17H2,1-3H3,(H2,27,29). The molecule has 0 aliphatic heterocycles. The quantitative estimate of drug-likeness (QED) is 0.252. The van der Waals surface area contributed by atoms with Crippen LogP contribution < -0.4 is 5.73 Å². The van der Waals surface area contributed by atoms with E-state index >= 15 is 0 Å².